The number of hydrogen-bond donors (Lipinski definition) is 2. The Hall–Kier alpha value is -1.64. The van der Waals surface area contributed by atoms with Crippen molar-refractivity contribution in [3.63, 3.8) is 0 Å². The molecule has 2 rings (SSSR count). The van der Waals surface area contributed by atoms with Crippen molar-refractivity contribution < 1.29 is 5.11 Å². The molecule has 2 nitrogen and oxygen atoms in total. The van der Waals surface area contributed by atoms with Crippen LogP contribution in [0.15, 0.2) is 54.6 Å². The maximum absolute atomic E-state index is 10.2. The van der Waals surface area contributed by atoms with Crippen LogP contribution in [-0.2, 0) is 0 Å². The molecule has 22 heavy (non-hydrogen) atoms. The van der Waals surface area contributed by atoms with E-state index in [4.69, 9.17) is 0 Å². The molecule has 0 saturated carbocycles. The highest BCUT2D eigenvalue weighted by molar-refractivity contribution is 5.86. The molecule has 0 radical (unpaired) electrons. The van der Waals surface area contributed by atoms with Crippen LogP contribution in [-0.4, -0.2) is 17.3 Å². The lowest BCUT2D eigenvalue weighted by Crippen LogP contribution is -2.24. The van der Waals surface area contributed by atoms with Crippen molar-refractivity contribution in [3.05, 3.63) is 60.2 Å². The van der Waals surface area contributed by atoms with E-state index in [0.29, 0.717) is 0 Å². The topological polar surface area (TPSA) is 32.3 Å². The Labute approximate surface area is 133 Å². The van der Waals surface area contributed by atoms with Crippen LogP contribution in [0.3, 0.4) is 0 Å². The van der Waals surface area contributed by atoms with E-state index in [0.717, 1.165) is 19.4 Å². The van der Waals surface area contributed by atoms with Gasteiger partial charge in [-0.1, -0.05) is 68.5 Å². The Morgan fingerprint density at radius 1 is 1.09 bits per heavy atom. The van der Waals surface area contributed by atoms with Gasteiger partial charge in [-0.15, -0.1) is 0 Å². The van der Waals surface area contributed by atoms with Crippen molar-refractivity contribution in [1.82, 2.24) is 5.32 Å². The molecule has 2 aromatic rings. The molecule has 0 bridgehead atoms. The van der Waals surface area contributed by atoms with Crippen LogP contribution >= 0.6 is 0 Å². The van der Waals surface area contributed by atoms with E-state index in [-0.39, 0.29) is 6.04 Å². The highest BCUT2D eigenvalue weighted by Crippen LogP contribution is 2.24. The largest absolute Gasteiger partial charge is 0.386 e. The zero-order valence-corrected chi connectivity index (χ0v) is 13.8. The minimum absolute atomic E-state index is 0.270. The molecule has 118 valence electrons. The van der Waals surface area contributed by atoms with E-state index in [1.54, 1.807) is 0 Å². The van der Waals surface area contributed by atoms with Gasteiger partial charge in [-0.05, 0) is 36.1 Å². The molecule has 0 aliphatic rings. The van der Waals surface area contributed by atoms with Crippen molar-refractivity contribution in [1.29, 1.82) is 0 Å². The van der Waals surface area contributed by atoms with Crippen LogP contribution in [0.25, 0.3) is 10.8 Å². The van der Waals surface area contributed by atoms with Gasteiger partial charge in [0.05, 0.1) is 5.60 Å². The number of hydrogen-bond acceptors (Lipinski definition) is 2. The van der Waals surface area contributed by atoms with Crippen LogP contribution in [0.1, 0.15) is 45.2 Å². The molecule has 1 atom stereocenters. The Kier molecular flexibility index (Phi) is 5.76. The van der Waals surface area contributed by atoms with E-state index < -0.39 is 5.60 Å². The van der Waals surface area contributed by atoms with Crippen LogP contribution in [0.2, 0.25) is 0 Å². The van der Waals surface area contributed by atoms with Crippen LogP contribution in [0.4, 0.5) is 0 Å². The number of aliphatic hydroxyl groups is 1. The molecule has 2 heteroatoms. The molecule has 0 spiro atoms. The van der Waals surface area contributed by atoms with Gasteiger partial charge < -0.3 is 10.4 Å². The first-order chi connectivity index (χ1) is 10.6. The summed E-state index contributed by atoms with van der Waals surface area (Å²) in [6.07, 6.45) is 5.46. The van der Waals surface area contributed by atoms with Gasteiger partial charge in [0.1, 0.15) is 0 Å². The van der Waals surface area contributed by atoms with E-state index in [1.165, 1.54) is 16.3 Å². The van der Waals surface area contributed by atoms with Crippen LogP contribution in [0.5, 0.6) is 0 Å². The fourth-order valence-corrected chi connectivity index (χ4v) is 2.75. The molecule has 0 fully saturated rings. The number of benzene rings is 2. The van der Waals surface area contributed by atoms with Gasteiger partial charge in [0.25, 0.3) is 0 Å². The number of rotatable bonds is 7. The highest BCUT2D eigenvalue weighted by atomic mass is 16.3. The molecular formula is C20H27NO. The lowest BCUT2D eigenvalue weighted by atomic mass is 9.97. The Bertz CT molecular complexity index is 623. The molecule has 2 aromatic carbocycles. The lowest BCUT2D eigenvalue weighted by molar-refractivity contribution is 0.0825. The summed E-state index contributed by atoms with van der Waals surface area (Å²) in [6.45, 7) is 6.97. The molecule has 0 saturated heterocycles. The smallest absolute Gasteiger partial charge is 0.0822 e. The lowest BCUT2D eigenvalue weighted by Gasteiger charge is -2.21. The molecule has 0 aliphatic heterocycles. The Morgan fingerprint density at radius 2 is 1.77 bits per heavy atom. The average molecular weight is 297 g/mol. The van der Waals surface area contributed by atoms with Crippen molar-refractivity contribution in [2.24, 2.45) is 0 Å². The van der Waals surface area contributed by atoms with Gasteiger partial charge in [0.2, 0.25) is 0 Å². The standard InChI is InChI=1S/C20H27NO/c1-4-20(22,5-2)14-9-15-21-16(3)18-13-8-11-17-10-6-7-12-19(17)18/h6-14,16,21-22H,4-5,15H2,1-3H3/b14-9+/t16-/m1/s1. The summed E-state index contributed by atoms with van der Waals surface area (Å²) in [5, 5.41) is 16.3. The van der Waals surface area contributed by atoms with Gasteiger partial charge in [-0.25, -0.2) is 0 Å². The summed E-state index contributed by atoms with van der Waals surface area (Å²) in [4.78, 5) is 0. The summed E-state index contributed by atoms with van der Waals surface area (Å²) < 4.78 is 0. The normalized spacial score (nSPS) is 13.8. The Balaban J connectivity index is 2.03. The van der Waals surface area contributed by atoms with E-state index in [1.807, 2.05) is 26.0 Å². The van der Waals surface area contributed by atoms with E-state index in [9.17, 15) is 5.11 Å². The van der Waals surface area contributed by atoms with E-state index >= 15 is 0 Å². The van der Waals surface area contributed by atoms with E-state index in [2.05, 4.69) is 54.7 Å². The van der Waals surface area contributed by atoms with Crippen molar-refractivity contribution >= 4 is 10.8 Å². The molecule has 0 heterocycles. The first-order valence-corrected chi connectivity index (χ1v) is 8.20. The Morgan fingerprint density at radius 3 is 2.50 bits per heavy atom. The predicted molar refractivity (Wildman–Crippen MR) is 95.0 cm³/mol. The predicted octanol–water partition coefficient (Wildman–Crippen LogP) is 4.60. The van der Waals surface area contributed by atoms with Crippen molar-refractivity contribution in [3.8, 4) is 0 Å². The zero-order valence-electron chi connectivity index (χ0n) is 13.8. The second kappa shape index (κ2) is 7.57. The molecule has 0 amide bonds. The maximum atomic E-state index is 10.2. The third-order valence-electron chi connectivity index (χ3n) is 4.48. The fraction of sp³-hybridized carbons (Fsp3) is 0.400. The quantitative estimate of drug-likeness (QED) is 0.732. The summed E-state index contributed by atoms with van der Waals surface area (Å²) in [6, 6.07) is 15.2. The first-order valence-electron chi connectivity index (χ1n) is 8.20. The van der Waals surface area contributed by atoms with Gasteiger partial charge >= 0.3 is 0 Å². The third-order valence-corrected chi connectivity index (χ3v) is 4.48. The molecule has 0 aromatic heterocycles. The number of nitrogens with one attached hydrogen (secondary N) is 1. The second-order valence-corrected chi connectivity index (χ2v) is 5.91. The minimum Gasteiger partial charge on any atom is -0.386 e. The van der Waals surface area contributed by atoms with Crippen LogP contribution < -0.4 is 5.32 Å². The monoisotopic (exact) mass is 297 g/mol. The van der Waals surface area contributed by atoms with Gasteiger partial charge in [0, 0.05) is 12.6 Å². The second-order valence-electron chi connectivity index (χ2n) is 5.91. The van der Waals surface area contributed by atoms with Crippen LogP contribution in [0, 0.1) is 0 Å². The molecule has 0 aliphatic carbocycles. The summed E-state index contributed by atoms with van der Waals surface area (Å²) in [5.74, 6) is 0. The SMILES string of the molecule is CCC(O)(/C=C/CN[C@H](C)c1cccc2ccccc12)CC. The third kappa shape index (κ3) is 3.96. The summed E-state index contributed by atoms with van der Waals surface area (Å²) in [7, 11) is 0. The first kappa shape index (κ1) is 16.7. The molecular weight excluding hydrogens is 270 g/mol. The van der Waals surface area contributed by atoms with Crippen molar-refractivity contribution in [2.45, 2.75) is 45.3 Å². The summed E-state index contributed by atoms with van der Waals surface area (Å²) in [5.41, 5.74) is 0.650. The van der Waals surface area contributed by atoms with Gasteiger partial charge in [-0.2, -0.15) is 0 Å². The average Bonchev–Trinajstić information content (AvgIpc) is 2.57. The van der Waals surface area contributed by atoms with Crippen molar-refractivity contribution in [2.75, 3.05) is 6.54 Å². The minimum atomic E-state index is -0.662. The zero-order chi connectivity index (χ0) is 16.0. The molecule has 2 N–H and O–H groups in total. The molecule has 0 unspecified atom stereocenters. The fourth-order valence-electron chi connectivity index (χ4n) is 2.75. The maximum Gasteiger partial charge on any atom is 0.0822 e. The number of fused-ring (bicyclic) bond motifs is 1. The van der Waals surface area contributed by atoms with Gasteiger partial charge in [-0.3, -0.25) is 0 Å². The van der Waals surface area contributed by atoms with Gasteiger partial charge in [0.15, 0.2) is 0 Å². The summed E-state index contributed by atoms with van der Waals surface area (Å²) >= 11 is 0. The highest BCUT2D eigenvalue weighted by Gasteiger charge is 2.17.